The number of benzene rings is 1. The molecule has 7 heteroatoms. The van der Waals surface area contributed by atoms with E-state index in [-0.39, 0.29) is 5.82 Å². The smallest absolute Gasteiger partial charge is 0.266 e. The molecule has 118 valence electrons. The molecule has 1 saturated heterocycles. The lowest BCUT2D eigenvalue weighted by Gasteiger charge is -2.13. The minimum absolute atomic E-state index is 0.248. The van der Waals surface area contributed by atoms with Crippen LogP contribution in [0.15, 0.2) is 47.2 Å². The predicted molar refractivity (Wildman–Crippen MR) is 81.6 cm³/mol. The Morgan fingerprint density at radius 1 is 1.26 bits per heavy atom. The fourth-order valence-corrected chi connectivity index (χ4v) is 2.86. The zero-order chi connectivity index (χ0) is 15.6. The van der Waals surface area contributed by atoms with E-state index in [0.717, 1.165) is 25.1 Å². The van der Waals surface area contributed by atoms with Gasteiger partial charge >= 0.3 is 0 Å². The molecule has 1 aromatic carbocycles. The second kappa shape index (κ2) is 5.83. The molecule has 1 atom stereocenters. The summed E-state index contributed by atoms with van der Waals surface area (Å²) in [5.41, 5.74) is 0.942. The van der Waals surface area contributed by atoms with Crippen LogP contribution in [0.3, 0.4) is 0 Å². The Morgan fingerprint density at radius 2 is 2.13 bits per heavy atom. The number of hydrogen-bond acceptors (Lipinski definition) is 5. The zero-order valence-electron chi connectivity index (χ0n) is 12.5. The summed E-state index contributed by atoms with van der Waals surface area (Å²) in [4.78, 5) is 6.55. The quantitative estimate of drug-likeness (QED) is 0.740. The Labute approximate surface area is 132 Å². The van der Waals surface area contributed by atoms with Crippen LogP contribution in [0.5, 0.6) is 0 Å². The molecule has 0 amide bonds. The Hall–Kier alpha value is -2.70. The van der Waals surface area contributed by atoms with E-state index in [0.29, 0.717) is 24.3 Å². The summed E-state index contributed by atoms with van der Waals surface area (Å²) < 4.78 is 20.2. The molecule has 3 heterocycles. The van der Waals surface area contributed by atoms with Gasteiger partial charge in [0.05, 0.1) is 12.5 Å². The number of anilines is 1. The van der Waals surface area contributed by atoms with Crippen LogP contribution in [0.1, 0.15) is 23.9 Å². The molecule has 2 aromatic heterocycles. The number of aromatic nitrogens is 4. The van der Waals surface area contributed by atoms with Gasteiger partial charge in [-0.05, 0) is 35.3 Å². The topological polar surface area (TPSA) is 60.0 Å². The highest BCUT2D eigenvalue weighted by Gasteiger charge is 2.27. The van der Waals surface area contributed by atoms with E-state index in [2.05, 4.69) is 20.1 Å². The van der Waals surface area contributed by atoms with Gasteiger partial charge in [0.2, 0.25) is 5.89 Å². The van der Waals surface area contributed by atoms with Crippen molar-refractivity contribution in [2.24, 2.45) is 0 Å². The highest BCUT2D eigenvalue weighted by Crippen LogP contribution is 2.24. The number of rotatable bonds is 4. The number of hydrogen-bond donors (Lipinski definition) is 0. The van der Waals surface area contributed by atoms with E-state index in [1.165, 1.54) is 12.1 Å². The van der Waals surface area contributed by atoms with Gasteiger partial charge in [-0.1, -0.05) is 12.1 Å². The van der Waals surface area contributed by atoms with Crippen LogP contribution in [0.4, 0.5) is 10.3 Å². The molecular weight excluding hydrogens is 297 g/mol. The third-order valence-electron chi connectivity index (χ3n) is 4.07. The third-order valence-corrected chi connectivity index (χ3v) is 4.07. The van der Waals surface area contributed by atoms with Gasteiger partial charge in [-0.15, -0.1) is 0 Å². The molecular formula is C16H16FN5O. The normalized spacial score (nSPS) is 17.8. The van der Waals surface area contributed by atoms with Crippen molar-refractivity contribution >= 4 is 5.95 Å². The van der Waals surface area contributed by atoms with Crippen molar-refractivity contribution < 1.29 is 8.91 Å². The molecule has 23 heavy (non-hydrogen) atoms. The van der Waals surface area contributed by atoms with Crippen LogP contribution < -0.4 is 4.90 Å². The van der Waals surface area contributed by atoms with E-state index in [4.69, 9.17) is 4.52 Å². The maximum Gasteiger partial charge on any atom is 0.266 e. The van der Waals surface area contributed by atoms with Gasteiger partial charge in [-0.3, -0.25) is 4.68 Å². The lowest BCUT2D eigenvalue weighted by atomic mass is 10.1. The highest BCUT2D eigenvalue weighted by atomic mass is 19.1. The average molecular weight is 313 g/mol. The van der Waals surface area contributed by atoms with Crippen LogP contribution in [0.25, 0.3) is 0 Å². The van der Waals surface area contributed by atoms with E-state index in [1.807, 2.05) is 16.9 Å². The molecule has 0 radical (unpaired) electrons. The Kier molecular flexibility index (Phi) is 3.53. The Balaban J connectivity index is 1.43. The van der Waals surface area contributed by atoms with Crippen LogP contribution in [0, 0.1) is 5.82 Å². The van der Waals surface area contributed by atoms with E-state index in [1.54, 1.807) is 18.3 Å². The van der Waals surface area contributed by atoms with Gasteiger partial charge in [0, 0.05) is 25.5 Å². The summed E-state index contributed by atoms with van der Waals surface area (Å²) in [5.74, 6) is 0.896. The van der Waals surface area contributed by atoms with Crippen molar-refractivity contribution in [3.63, 3.8) is 0 Å². The summed E-state index contributed by atoms with van der Waals surface area (Å²) >= 11 is 0. The first kappa shape index (κ1) is 13.9. The molecule has 1 aliphatic rings. The van der Waals surface area contributed by atoms with Gasteiger partial charge in [-0.2, -0.15) is 10.1 Å². The van der Waals surface area contributed by atoms with Crippen LogP contribution >= 0.6 is 0 Å². The van der Waals surface area contributed by atoms with Crippen molar-refractivity contribution in [2.45, 2.75) is 18.9 Å². The summed E-state index contributed by atoms with van der Waals surface area (Å²) in [5, 5.41) is 8.35. The van der Waals surface area contributed by atoms with Gasteiger partial charge in [0.1, 0.15) is 5.82 Å². The molecule has 6 nitrogen and oxygen atoms in total. The van der Waals surface area contributed by atoms with Gasteiger partial charge in [-0.25, -0.2) is 4.39 Å². The van der Waals surface area contributed by atoms with Gasteiger partial charge in [0.25, 0.3) is 5.95 Å². The molecule has 3 aromatic rings. The van der Waals surface area contributed by atoms with E-state index >= 15 is 0 Å². The SMILES string of the molecule is Fc1ccc(Cc2nc(N3CCC(n4cccn4)C3)no2)cc1. The highest BCUT2D eigenvalue weighted by molar-refractivity contribution is 5.31. The van der Waals surface area contributed by atoms with Crippen molar-refractivity contribution in [3.8, 4) is 0 Å². The third kappa shape index (κ3) is 2.94. The summed E-state index contributed by atoms with van der Waals surface area (Å²) in [6.07, 6.45) is 5.27. The number of halogens is 1. The minimum atomic E-state index is -0.248. The molecule has 0 bridgehead atoms. The van der Waals surface area contributed by atoms with Crippen LogP contribution in [-0.4, -0.2) is 33.0 Å². The van der Waals surface area contributed by atoms with Crippen molar-refractivity contribution in [3.05, 3.63) is 60.0 Å². The number of nitrogens with zero attached hydrogens (tertiary/aromatic N) is 5. The maximum absolute atomic E-state index is 12.9. The summed E-state index contributed by atoms with van der Waals surface area (Å²) in [7, 11) is 0. The molecule has 0 aliphatic carbocycles. The molecule has 1 aliphatic heterocycles. The van der Waals surface area contributed by atoms with Gasteiger partial charge < -0.3 is 9.42 Å². The monoisotopic (exact) mass is 313 g/mol. The van der Waals surface area contributed by atoms with Crippen LogP contribution in [0.2, 0.25) is 0 Å². The van der Waals surface area contributed by atoms with Crippen molar-refractivity contribution in [2.75, 3.05) is 18.0 Å². The Morgan fingerprint density at radius 3 is 2.91 bits per heavy atom. The zero-order valence-corrected chi connectivity index (χ0v) is 12.5. The fourth-order valence-electron chi connectivity index (χ4n) is 2.86. The fraction of sp³-hybridized carbons (Fsp3) is 0.312. The average Bonchev–Trinajstić information content (AvgIpc) is 3.30. The molecule has 1 unspecified atom stereocenters. The predicted octanol–water partition coefficient (Wildman–Crippen LogP) is 2.45. The first-order chi connectivity index (χ1) is 11.3. The summed E-state index contributed by atoms with van der Waals surface area (Å²) in [6.45, 7) is 1.69. The molecule has 0 saturated carbocycles. The largest absolute Gasteiger partial charge is 0.337 e. The van der Waals surface area contributed by atoms with E-state index < -0.39 is 0 Å². The second-order valence-electron chi connectivity index (χ2n) is 5.67. The lowest BCUT2D eigenvalue weighted by molar-refractivity contribution is 0.384. The van der Waals surface area contributed by atoms with Crippen LogP contribution in [-0.2, 0) is 6.42 Å². The molecule has 4 rings (SSSR count). The first-order valence-corrected chi connectivity index (χ1v) is 7.59. The maximum atomic E-state index is 12.9. The van der Waals surface area contributed by atoms with E-state index in [9.17, 15) is 4.39 Å². The Bertz CT molecular complexity index is 768. The first-order valence-electron chi connectivity index (χ1n) is 7.59. The summed E-state index contributed by atoms with van der Waals surface area (Å²) in [6, 6.07) is 8.58. The van der Waals surface area contributed by atoms with Gasteiger partial charge in [0.15, 0.2) is 0 Å². The standard InChI is InChI=1S/C16H16FN5O/c17-13-4-2-12(3-5-13)10-15-19-16(20-23-15)21-9-6-14(11-21)22-8-1-7-18-22/h1-5,7-8,14H,6,9-11H2. The second-order valence-corrected chi connectivity index (χ2v) is 5.67. The molecule has 1 fully saturated rings. The lowest BCUT2D eigenvalue weighted by Crippen LogP contribution is -2.22. The molecule has 0 N–H and O–H groups in total. The molecule has 0 spiro atoms. The van der Waals surface area contributed by atoms with Crippen molar-refractivity contribution in [1.82, 2.24) is 19.9 Å². The minimum Gasteiger partial charge on any atom is -0.337 e. The van der Waals surface area contributed by atoms with Crippen molar-refractivity contribution in [1.29, 1.82) is 0 Å².